The molecule has 0 spiro atoms. The second-order valence-corrected chi connectivity index (χ2v) is 6.53. The number of nitrogens with one attached hydrogen (secondary N) is 1. The lowest BCUT2D eigenvalue weighted by Crippen LogP contribution is -2.43. The van der Waals surface area contributed by atoms with E-state index in [-0.39, 0.29) is 18.4 Å². The zero-order valence-corrected chi connectivity index (χ0v) is 13.5. The van der Waals surface area contributed by atoms with Crippen LogP contribution in [-0.4, -0.2) is 36.5 Å². The van der Waals surface area contributed by atoms with Crippen LogP contribution in [0.5, 0.6) is 0 Å². The van der Waals surface area contributed by atoms with Gasteiger partial charge in [0, 0.05) is 6.54 Å². The van der Waals surface area contributed by atoms with E-state index in [1.807, 2.05) is 31.2 Å². The highest BCUT2D eigenvalue weighted by molar-refractivity contribution is 6.07. The number of methoxy groups -OCH3 is 1. The van der Waals surface area contributed by atoms with Crippen LogP contribution in [0, 0.1) is 12.3 Å². The molecule has 1 N–H and O–H groups in total. The van der Waals surface area contributed by atoms with Crippen molar-refractivity contribution in [3.63, 3.8) is 0 Å². The highest BCUT2D eigenvalue weighted by Crippen LogP contribution is 2.48. The lowest BCUT2D eigenvalue weighted by Gasteiger charge is -2.25. The average molecular weight is 316 g/mol. The first-order chi connectivity index (χ1) is 10.8. The number of benzene rings is 1. The number of carbonyl (C=O) groups excluding carboxylic acids is 3. The van der Waals surface area contributed by atoms with Gasteiger partial charge in [-0.05, 0) is 37.8 Å². The fraction of sp³-hybridized carbons (Fsp3) is 0.471. The zero-order valence-electron chi connectivity index (χ0n) is 13.5. The van der Waals surface area contributed by atoms with E-state index in [1.165, 1.54) is 7.11 Å². The highest BCUT2D eigenvalue weighted by atomic mass is 16.5. The molecule has 2 aliphatic rings. The number of hydrogen-bond donors (Lipinski definition) is 1. The molecule has 1 aromatic carbocycles. The molecule has 1 aliphatic carbocycles. The Morgan fingerprint density at radius 2 is 1.96 bits per heavy atom. The molecule has 1 saturated heterocycles. The van der Waals surface area contributed by atoms with Gasteiger partial charge in [-0.2, -0.15) is 0 Å². The van der Waals surface area contributed by atoms with Crippen molar-refractivity contribution < 1.29 is 19.1 Å². The van der Waals surface area contributed by atoms with Crippen molar-refractivity contribution in [3.05, 3.63) is 35.4 Å². The molecule has 23 heavy (non-hydrogen) atoms. The lowest BCUT2D eigenvalue weighted by molar-refractivity contribution is -0.148. The van der Waals surface area contributed by atoms with Crippen LogP contribution in [0.3, 0.4) is 0 Å². The molecule has 3 amide bonds. The predicted octanol–water partition coefficient (Wildman–Crippen LogP) is 1.72. The lowest BCUT2D eigenvalue weighted by atomic mass is 9.88. The Balaban J connectivity index is 1.89. The molecule has 1 aromatic rings. The summed E-state index contributed by atoms with van der Waals surface area (Å²) in [7, 11) is 1.33. The Kier molecular flexibility index (Phi) is 3.43. The van der Waals surface area contributed by atoms with Crippen molar-refractivity contribution in [3.8, 4) is 0 Å². The number of nitrogens with zero attached hydrogens (tertiary/aromatic N) is 1. The van der Waals surface area contributed by atoms with Crippen molar-refractivity contribution in [1.82, 2.24) is 10.2 Å². The number of imide groups is 1. The van der Waals surface area contributed by atoms with Gasteiger partial charge in [-0.15, -0.1) is 0 Å². The molecule has 0 bridgehead atoms. The largest absolute Gasteiger partial charge is 0.469 e. The topological polar surface area (TPSA) is 75.7 Å². The van der Waals surface area contributed by atoms with Gasteiger partial charge in [-0.25, -0.2) is 4.79 Å². The number of aryl methyl sites for hydroxylation is 1. The van der Waals surface area contributed by atoms with E-state index in [4.69, 9.17) is 4.74 Å². The molecule has 122 valence electrons. The Morgan fingerprint density at radius 1 is 1.30 bits per heavy atom. The average Bonchev–Trinajstić information content (AvgIpc) is 3.28. The monoisotopic (exact) mass is 316 g/mol. The normalized spacial score (nSPS) is 25.3. The molecular weight excluding hydrogens is 296 g/mol. The summed E-state index contributed by atoms with van der Waals surface area (Å²) in [6.45, 7) is 3.68. The Bertz CT molecular complexity index is 696. The summed E-state index contributed by atoms with van der Waals surface area (Å²) in [5.41, 5.74) is -0.128. The van der Waals surface area contributed by atoms with Crippen molar-refractivity contribution >= 4 is 17.9 Å². The van der Waals surface area contributed by atoms with Crippen molar-refractivity contribution in [2.45, 2.75) is 32.2 Å². The highest BCUT2D eigenvalue weighted by Gasteiger charge is 2.58. The van der Waals surface area contributed by atoms with E-state index in [9.17, 15) is 14.4 Å². The third kappa shape index (κ3) is 2.29. The number of carbonyl (C=O) groups is 3. The van der Waals surface area contributed by atoms with Crippen molar-refractivity contribution in [1.29, 1.82) is 0 Å². The minimum Gasteiger partial charge on any atom is -0.469 e. The van der Waals surface area contributed by atoms with Gasteiger partial charge in [-0.1, -0.05) is 24.3 Å². The van der Waals surface area contributed by atoms with Crippen LogP contribution < -0.4 is 5.32 Å². The van der Waals surface area contributed by atoms with Gasteiger partial charge in [0.1, 0.15) is 5.54 Å². The minimum absolute atomic E-state index is 0.0752. The van der Waals surface area contributed by atoms with Crippen molar-refractivity contribution in [2.24, 2.45) is 5.41 Å². The van der Waals surface area contributed by atoms with E-state index in [1.54, 1.807) is 6.92 Å². The number of urea groups is 1. The molecule has 0 radical (unpaired) electrons. The summed E-state index contributed by atoms with van der Waals surface area (Å²) in [5.74, 6) is -0.686. The van der Waals surface area contributed by atoms with Gasteiger partial charge in [0.05, 0.1) is 12.5 Å². The summed E-state index contributed by atoms with van der Waals surface area (Å²) >= 11 is 0. The fourth-order valence-electron chi connectivity index (χ4n) is 3.25. The fourth-order valence-corrected chi connectivity index (χ4v) is 3.25. The smallest absolute Gasteiger partial charge is 0.325 e. The van der Waals surface area contributed by atoms with Crippen LogP contribution >= 0.6 is 0 Å². The molecule has 1 atom stereocenters. The third-order valence-electron chi connectivity index (χ3n) is 4.89. The molecule has 6 heteroatoms. The number of esters is 1. The first-order valence-electron chi connectivity index (χ1n) is 7.63. The summed E-state index contributed by atoms with van der Waals surface area (Å²) in [4.78, 5) is 38.3. The van der Waals surface area contributed by atoms with Crippen LogP contribution in [-0.2, 0) is 19.9 Å². The van der Waals surface area contributed by atoms with Gasteiger partial charge in [0.25, 0.3) is 5.91 Å². The van der Waals surface area contributed by atoms with E-state index >= 15 is 0 Å². The maximum atomic E-state index is 12.9. The van der Waals surface area contributed by atoms with Crippen LogP contribution in [0.25, 0.3) is 0 Å². The van der Waals surface area contributed by atoms with Crippen LogP contribution in [0.4, 0.5) is 4.79 Å². The maximum absolute atomic E-state index is 12.9. The van der Waals surface area contributed by atoms with Crippen LogP contribution in [0.15, 0.2) is 24.3 Å². The Labute approximate surface area is 134 Å². The van der Waals surface area contributed by atoms with Crippen LogP contribution in [0.2, 0.25) is 0 Å². The molecule has 0 unspecified atom stereocenters. The minimum atomic E-state index is -1.10. The van der Waals surface area contributed by atoms with Gasteiger partial charge < -0.3 is 10.1 Å². The molecule has 1 saturated carbocycles. The summed E-state index contributed by atoms with van der Waals surface area (Å²) in [6, 6.07) is 7.00. The van der Waals surface area contributed by atoms with Gasteiger partial charge in [0.2, 0.25) is 0 Å². The first kappa shape index (κ1) is 15.5. The zero-order chi connectivity index (χ0) is 16.8. The molecule has 6 nitrogen and oxygen atoms in total. The molecule has 1 aliphatic heterocycles. The molecule has 1 heterocycles. The molecular formula is C17H20N2O4. The van der Waals surface area contributed by atoms with Gasteiger partial charge in [-0.3, -0.25) is 14.5 Å². The van der Waals surface area contributed by atoms with E-state index in [2.05, 4.69) is 5.32 Å². The van der Waals surface area contributed by atoms with E-state index in [0.717, 1.165) is 16.0 Å². The molecule has 3 rings (SSSR count). The van der Waals surface area contributed by atoms with E-state index in [0.29, 0.717) is 12.8 Å². The maximum Gasteiger partial charge on any atom is 0.325 e. The summed E-state index contributed by atoms with van der Waals surface area (Å²) in [6.07, 6.45) is 1.27. The SMILES string of the molecule is COC(=O)C1(CN2C(=O)N[C@](C)(c3ccccc3C)C2=O)CC1. The Morgan fingerprint density at radius 3 is 2.52 bits per heavy atom. The Hall–Kier alpha value is -2.37. The van der Waals surface area contributed by atoms with Crippen molar-refractivity contribution in [2.75, 3.05) is 13.7 Å². The number of ether oxygens (including phenoxy) is 1. The predicted molar refractivity (Wildman–Crippen MR) is 82.5 cm³/mol. The quantitative estimate of drug-likeness (QED) is 0.678. The summed E-state index contributed by atoms with van der Waals surface area (Å²) in [5, 5.41) is 2.78. The number of hydrogen-bond acceptors (Lipinski definition) is 4. The third-order valence-corrected chi connectivity index (χ3v) is 4.89. The second-order valence-electron chi connectivity index (χ2n) is 6.53. The summed E-state index contributed by atoms with van der Waals surface area (Å²) < 4.78 is 4.81. The van der Waals surface area contributed by atoms with Gasteiger partial charge in [0.15, 0.2) is 0 Å². The molecule has 0 aromatic heterocycles. The first-order valence-corrected chi connectivity index (χ1v) is 7.63. The second kappa shape index (κ2) is 5.08. The van der Waals surface area contributed by atoms with Gasteiger partial charge >= 0.3 is 12.0 Å². The van der Waals surface area contributed by atoms with Crippen LogP contribution in [0.1, 0.15) is 30.9 Å². The number of amides is 3. The number of rotatable bonds is 4. The van der Waals surface area contributed by atoms with E-state index < -0.39 is 17.0 Å². The molecule has 2 fully saturated rings. The standard InChI is InChI=1S/C17H20N2O4/c1-11-6-4-5-7-12(11)16(2)13(20)19(15(22)18-16)10-17(8-9-17)14(21)23-3/h4-7H,8-10H2,1-3H3,(H,18,22)/t16-/m1/s1.